The second kappa shape index (κ2) is 8.93. The minimum atomic E-state index is -0.299. The molecule has 5 nitrogen and oxygen atoms in total. The van der Waals surface area contributed by atoms with Gasteiger partial charge in [0.15, 0.2) is 5.78 Å². The van der Waals surface area contributed by atoms with Crippen molar-refractivity contribution in [1.82, 2.24) is 9.47 Å². The molecule has 0 saturated carbocycles. The molecule has 0 unspecified atom stereocenters. The van der Waals surface area contributed by atoms with Crippen molar-refractivity contribution in [3.8, 4) is 11.8 Å². The number of fused-ring (bicyclic) bond motifs is 2. The minimum Gasteiger partial charge on any atom is -0.391 e. The first-order chi connectivity index (χ1) is 14.5. The van der Waals surface area contributed by atoms with Gasteiger partial charge in [-0.05, 0) is 75.8 Å². The molecule has 2 aliphatic heterocycles. The molecule has 0 radical (unpaired) electrons. The van der Waals surface area contributed by atoms with Crippen LogP contribution in [0.1, 0.15) is 60.3 Å². The number of ketones is 1. The first-order valence-corrected chi connectivity index (χ1v) is 11.2. The van der Waals surface area contributed by atoms with Gasteiger partial charge in [0.2, 0.25) is 0 Å². The monoisotopic (exact) mass is 425 g/mol. The Morgan fingerprint density at radius 1 is 1.27 bits per heavy atom. The average Bonchev–Trinajstić information content (AvgIpc) is 3.36. The van der Waals surface area contributed by atoms with Crippen LogP contribution in [0.15, 0.2) is 30.3 Å². The van der Waals surface area contributed by atoms with Gasteiger partial charge >= 0.3 is 0 Å². The zero-order chi connectivity index (χ0) is 21.3. The van der Waals surface area contributed by atoms with E-state index in [1.54, 1.807) is 0 Å². The molecule has 3 heterocycles. The van der Waals surface area contributed by atoms with Gasteiger partial charge < -0.3 is 9.67 Å². The van der Waals surface area contributed by atoms with Gasteiger partial charge in [-0.25, -0.2) is 0 Å². The summed E-state index contributed by atoms with van der Waals surface area (Å²) < 4.78 is 2.14. The van der Waals surface area contributed by atoms with E-state index in [1.165, 1.54) is 0 Å². The molecule has 158 valence electrons. The van der Waals surface area contributed by atoms with Gasteiger partial charge in [0.05, 0.1) is 18.7 Å². The van der Waals surface area contributed by atoms with E-state index in [4.69, 9.17) is 16.9 Å². The molecule has 4 rings (SSSR count). The number of halogens is 1. The number of Topliss-reactive ketones (excluding diaryl/α,β-unsaturated/α-hetero) is 1. The van der Waals surface area contributed by atoms with Crippen molar-refractivity contribution in [3.05, 3.63) is 52.3 Å². The van der Waals surface area contributed by atoms with Crippen LogP contribution in [-0.4, -0.2) is 45.1 Å². The van der Waals surface area contributed by atoms with Crippen LogP contribution in [0, 0.1) is 18.3 Å². The summed E-state index contributed by atoms with van der Waals surface area (Å²) in [6, 6.07) is 12.3. The highest BCUT2D eigenvalue weighted by Crippen LogP contribution is 2.38. The third-order valence-corrected chi connectivity index (χ3v) is 6.91. The second-order valence-electron chi connectivity index (χ2n) is 8.51. The Labute approximate surface area is 182 Å². The predicted octanol–water partition coefficient (Wildman–Crippen LogP) is 4.46. The maximum atomic E-state index is 13.3. The molecule has 30 heavy (non-hydrogen) atoms. The molecule has 3 atom stereocenters. The fourth-order valence-electron chi connectivity index (χ4n) is 5.16. The summed E-state index contributed by atoms with van der Waals surface area (Å²) in [5.74, 6) is 0.115. The van der Waals surface area contributed by atoms with Crippen molar-refractivity contribution in [2.24, 2.45) is 0 Å². The van der Waals surface area contributed by atoms with Gasteiger partial charge in [0, 0.05) is 46.2 Å². The highest BCUT2D eigenvalue weighted by atomic mass is 35.5. The summed E-state index contributed by atoms with van der Waals surface area (Å²) in [5, 5.41) is 19.7. The number of benzene rings is 1. The average molecular weight is 426 g/mol. The van der Waals surface area contributed by atoms with Crippen LogP contribution in [0.25, 0.3) is 5.69 Å². The zero-order valence-electron chi connectivity index (χ0n) is 17.4. The number of aliphatic hydroxyl groups is 1. The predicted molar refractivity (Wildman–Crippen MR) is 117 cm³/mol. The van der Waals surface area contributed by atoms with Gasteiger partial charge in [0.1, 0.15) is 0 Å². The van der Waals surface area contributed by atoms with Crippen molar-refractivity contribution in [2.45, 2.75) is 70.1 Å². The van der Waals surface area contributed by atoms with Crippen molar-refractivity contribution < 1.29 is 9.90 Å². The van der Waals surface area contributed by atoms with Gasteiger partial charge in [0.25, 0.3) is 0 Å². The smallest absolute Gasteiger partial charge is 0.178 e. The van der Waals surface area contributed by atoms with Crippen molar-refractivity contribution in [1.29, 1.82) is 5.26 Å². The lowest BCUT2D eigenvalue weighted by molar-refractivity contribution is 0.0873. The van der Waals surface area contributed by atoms with E-state index in [2.05, 4.69) is 15.5 Å². The fourth-order valence-corrected chi connectivity index (χ4v) is 5.29. The molecule has 6 heteroatoms. The van der Waals surface area contributed by atoms with Crippen LogP contribution in [-0.2, 0) is 6.42 Å². The number of carbonyl (C=O) groups excluding carboxylic acids is 1. The van der Waals surface area contributed by atoms with Crippen LogP contribution >= 0.6 is 11.6 Å². The Bertz CT molecular complexity index is 960. The van der Waals surface area contributed by atoms with Crippen LogP contribution < -0.4 is 0 Å². The van der Waals surface area contributed by atoms with E-state index in [0.717, 1.165) is 61.2 Å². The molecule has 2 bridgehead atoms. The number of hydrogen-bond acceptors (Lipinski definition) is 4. The molecule has 1 aromatic heterocycles. The molecule has 0 amide bonds. The number of hydrogen-bond donors (Lipinski definition) is 1. The number of carbonyl (C=O) groups is 1. The zero-order valence-corrected chi connectivity index (χ0v) is 18.1. The maximum absolute atomic E-state index is 13.3. The van der Waals surface area contributed by atoms with Crippen molar-refractivity contribution >= 4 is 17.4 Å². The van der Waals surface area contributed by atoms with Gasteiger partial charge in [-0.2, -0.15) is 5.26 Å². The van der Waals surface area contributed by atoms with Crippen molar-refractivity contribution in [3.63, 3.8) is 0 Å². The molecule has 2 aromatic rings. The standard InChI is InChI=1S/C24H28ClN3O2/c1-16-21(24(30)15-27-19-10-11-22(27)23(29)14-19)13-20(5-3-2-4-12-26)28(16)18-8-6-17(25)7-9-18/h6-9,13,19,22-23,29H,2-5,10-11,14-15H2,1H3/t19-,22+,23+/m0/s1. The molecule has 2 fully saturated rings. The molecule has 1 aromatic carbocycles. The SMILES string of the molecule is Cc1c(C(=O)CN2[C@H]3CC[C@@H]2[C@H](O)C3)cc(CCCCC#N)n1-c1ccc(Cl)cc1. The van der Waals surface area contributed by atoms with Gasteiger partial charge in [-0.3, -0.25) is 9.69 Å². The molecule has 0 aliphatic carbocycles. The third kappa shape index (κ3) is 4.05. The Balaban J connectivity index is 1.60. The summed E-state index contributed by atoms with van der Waals surface area (Å²) in [5.41, 5.74) is 3.76. The fraction of sp³-hybridized carbons (Fsp3) is 0.500. The number of nitrogens with zero attached hydrogens (tertiary/aromatic N) is 3. The summed E-state index contributed by atoms with van der Waals surface area (Å²) in [4.78, 5) is 15.5. The van der Waals surface area contributed by atoms with Crippen molar-refractivity contribution in [2.75, 3.05) is 6.54 Å². The van der Waals surface area contributed by atoms with E-state index >= 15 is 0 Å². The topological polar surface area (TPSA) is 69.3 Å². The first kappa shape index (κ1) is 21.1. The van der Waals surface area contributed by atoms with Crippen LogP contribution in [0.2, 0.25) is 5.02 Å². The van der Waals surface area contributed by atoms with Crippen LogP contribution in [0.4, 0.5) is 0 Å². The number of unbranched alkanes of at least 4 members (excludes halogenated alkanes) is 2. The number of aliphatic hydroxyl groups excluding tert-OH is 1. The van der Waals surface area contributed by atoms with Crippen LogP contribution in [0.5, 0.6) is 0 Å². The molecule has 0 spiro atoms. The normalized spacial score (nSPS) is 23.1. The maximum Gasteiger partial charge on any atom is 0.178 e. The van der Waals surface area contributed by atoms with E-state index in [0.29, 0.717) is 24.0 Å². The lowest BCUT2D eigenvalue weighted by Gasteiger charge is -2.21. The van der Waals surface area contributed by atoms with Gasteiger partial charge in [-0.15, -0.1) is 0 Å². The number of nitriles is 1. The van der Waals surface area contributed by atoms with E-state index < -0.39 is 0 Å². The largest absolute Gasteiger partial charge is 0.391 e. The minimum absolute atomic E-state index is 0.115. The Morgan fingerprint density at radius 3 is 2.67 bits per heavy atom. The molecule has 2 aliphatic rings. The molecular formula is C24H28ClN3O2. The lowest BCUT2D eigenvalue weighted by atomic mass is 9.98. The highest BCUT2D eigenvalue weighted by molar-refractivity contribution is 6.30. The first-order valence-electron chi connectivity index (χ1n) is 10.8. The number of aryl methyl sites for hydroxylation is 1. The summed E-state index contributed by atoms with van der Waals surface area (Å²) in [6.07, 6.45) is 5.65. The van der Waals surface area contributed by atoms with E-state index in [-0.39, 0.29) is 17.9 Å². The Kier molecular flexibility index (Phi) is 6.29. The van der Waals surface area contributed by atoms with Crippen LogP contribution in [0.3, 0.4) is 0 Å². The third-order valence-electron chi connectivity index (χ3n) is 6.65. The summed E-state index contributed by atoms with van der Waals surface area (Å²) in [6.45, 7) is 2.36. The highest BCUT2D eigenvalue weighted by Gasteiger charge is 2.46. The molecule has 1 N–H and O–H groups in total. The Morgan fingerprint density at radius 2 is 2.03 bits per heavy atom. The quantitative estimate of drug-likeness (QED) is 0.501. The summed E-state index contributed by atoms with van der Waals surface area (Å²) >= 11 is 6.07. The van der Waals surface area contributed by atoms with E-state index in [1.807, 2.05) is 37.3 Å². The number of rotatable bonds is 8. The molecular weight excluding hydrogens is 398 g/mol. The second-order valence-corrected chi connectivity index (χ2v) is 8.95. The molecule has 2 saturated heterocycles. The number of aromatic nitrogens is 1. The lowest BCUT2D eigenvalue weighted by Crippen LogP contribution is -2.36. The van der Waals surface area contributed by atoms with Gasteiger partial charge in [-0.1, -0.05) is 11.6 Å². The van der Waals surface area contributed by atoms with E-state index in [9.17, 15) is 9.90 Å². The summed E-state index contributed by atoms with van der Waals surface area (Å²) in [7, 11) is 0. The Hall–Kier alpha value is -2.13.